The maximum atomic E-state index is 12.6. The molecule has 29 heavy (non-hydrogen) atoms. The molecule has 6 nitrogen and oxygen atoms in total. The van der Waals surface area contributed by atoms with E-state index >= 15 is 0 Å². The van der Waals surface area contributed by atoms with E-state index in [1.54, 1.807) is 19.2 Å². The van der Waals surface area contributed by atoms with Crippen LogP contribution in [0.25, 0.3) is 0 Å². The fourth-order valence-electron chi connectivity index (χ4n) is 3.46. The van der Waals surface area contributed by atoms with Gasteiger partial charge in [-0.05, 0) is 55.7 Å². The molecule has 0 amide bonds. The molecule has 2 N–H and O–H groups in total. The van der Waals surface area contributed by atoms with Crippen LogP contribution >= 0.6 is 0 Å². The highest BCUT2D eigenvalue weighted by Gasteiger charge is 2.36. The maximum absolute atomic E-state index is 12.6. The van der Waals surface area contributed by atoms with Gasteiger partial charge in [0.2, 0.25) is 0 Å². The van der Waals surface area contributed by atoms with E-state index in [1.807, 2.05) is 13.0 Å². The van der Waals surface area contributed by atoms with Crippen LogP contribution in [-0.2, 0) is 11.2 Å². The second kappa shape index (κ2) is 11.8. The zero-order valence-corrected chi connectivity index (χ0v) is 17.6. The van der Waals surface area contributed by atoms with Crippen LogP contribution in [0.4, 0.5) is 8.78 Å². The Morgan fingerprint density at radius 3 is 2.59 bits per heavy atom. The van der Waals surface area contributed by atoms with Crippen molar-refractivity contribution in [1.29, 1.82) is 0 Å². The number of hydrogen-bond donors (Lipinski definition) is 2. The van der Waals surface area contributed by atoms with Crippen molar-refractivity contribution in [3.63, 3.8) is 0 Å². The molecule has 0 aliphatic heterocycles. The predicted molar refractivity (Wildman–Crippen MR) is 110 cm³/mol. The summed E-state index contributed by atoms with van der Waals surface area (Å²) in [6.07, 6.45) is 5.31. The number of methoxy groups -OCH3 is 2. The highest BCUT2D eigenvalue weighted by atomic mass is 19.3. The molecule has 2 rings (SSSR count). The molecule has 1 aromatic rings. The zero-order valence-electron chi connectivity index (χ0n) is 17.6. The van der Waals surface area contributed by atoms with Crippen molar-refractivity contribution >= 4 is 5.96 Å². The Balaban J connectivity index is 1.91. The number of halogens is 2. The third-order valence-electron chi connectivity index (χ3n) is 5.32. The van der Waals surface area contributed by atoms with Crippen LogP contribution < -0.4 is 20.1 Å². The Bertz CT molecular complexity index is 652. The average molecular weight is 414 g/mol. The van der Waals surface area contributed by atoms with E-state index in [0.717, 1.165) is 37.6 Å². The van der Waals surface area contributed by atoms with Crippen molar-refractivity contribution in [3.05, 3.63) is 23.8 Å². The maximum Gasteiger partial charge on any atom is 0.387 e. The van der Waals surface area contributed by atoms with E-state index in [9.17, 15) is 8.78 Å². The van der Waals surface area contributed by atoms with E-state index < -0.39 is 6.61 Å². The van der Waals surface area contributed by atoms with Crippen LogP contribution in [0.1, 0.15) is 38.2 Å². The molecule has 0 aromatic heterocycles. The summed E-state index contributed by atoms with van der Waals surface area (Å²) in [7, 11) is 3.16. The molecule has 0 radical (unpaired) electrons. The minimum atomic E-state index is -2.89. The highest BCUT2D eigenvalue weighted by molar-refractivity contribution is 5.79. The Kier molecular flexibility index (Phi) is 9.44. The number of aliphatic imine (C=N–C) groups is 1. The quantitative estimate of drug-likeness (QED) is 0.405. The van der Waals surface area contributed by atoms with Crippen molar-refractivity contribution in [1.82, 2.24) is 10.6 Å². The van der Waals surface area contributed by atoms with Gasteiger partial charge in [-0.1, -0.05) is 12.5 Å². The molecule has 1 aliphatic carbocycles. The summed E-state index contributed by atoms with van der Waals surface area (Å²) in [6.45, 7) is 2.07. The molecule has 1 aliphatic rings. The van der Waals surface area contributed by atoms with Crippen LogP contribution in [-0.4, -0.2) is 53.0 Å². The van der Waals surface area contributed by atoms with Crippen molar-refractivity contribution in [2.24, 2.45) is 10.4 Å². The van der Waals surface area contributed by atoms with Crippen molar-refractivity contribution in [2.75, 3.05) is 40.5 Å². The van der Waals surface area contributed by atoms with Crippen molar-refractivity contribution in [2.45, 2.75) is 45.6 Å². The van der Waals surface area contributed by atoms with Crippen LogP contribution in [0.3, 0.4) is 0 Å². The normalized spacial score (nSPS) is 15.7. The standard InChI is InChI=1S/C21H33F2N3O3/c1-4-24-20(26-15-21(9-5-10-21)11-13-27-2)25-12-8-16-6-7-17(28-3)18(14-16)29-19(22)23/h6-7,14,19H,4-5,8-13,15H2,1-3H3,(H2,24,25,26). The fraction of sp³-hybridized carbons (Fsp3) is 0.667. The fourth-order valence-corrected chi connectivity index (χ4v) is 3.46. The minimum absolute atomic E-state index is 0.0469. The first kappa shape index (κ1) is 23.2. The lowest BCUT2D eigenvalue weighted by Gasteiger charge is -2.40. The summed E-state index contributed by atoms with van der Waals surface area (Å²) >= 11 is 0. The topological polar surface area (TPSA) is 64.1 Å². The third kappa shape index (κ3) is 7.34. The van der Waals surface area contributed by atoms with Crippen molar-refractivity contribution in [3.8, 4) is 11.5 Å². The van der Waals surface area contributed by atoms with Crippen LogP contribution in [0, 0.1) is 5.41 Å². The SMILES string of the molecule is CCNC(=NCC1(CCOC)CCC1)NCCc1ccc(OC)c(OC(F)F)c1. The highest BCUT2D eigenvalue weighted by Crippen LogP contribution is 2.44. The third-order valence-corrected chi connectivity index (χ3v) is 5.32. The van der Waals surface area contributed by atoms with Crippen LogP contribution in [0.2, 0.25) is 0 Å². The molecule has 0 atom stereocenters. The van der Waals surface area contributed by atoms with Gasteiger partial charge in [0.15, 0.2) is 17.5 Å². The zero-order chi connectivity index (χ0) is 21.1. The Hall–Kier alpha value is -2.09. The number of alkyl halides is 2. The van der Waals surface area contributed by atoms with Gasteiger partial charge in [0.1, 0.15) is 0 Å². The number of benzene rings is 1. The summed E-state index contributed by atoms with van der Waals surface area (Å²) < 4.78 is 40.0. The number of ether oxygens (including phenoxy) is 3. The average Bonchev–Trinajstić information content (AvgIpc) is 2.66. The predicted octanol–water partition coefficient (Wildman–Crippen LogP) is 3.60. The van der Waals surface area contributed by atoms with Gasteiger partial charge in [-0.15, -0.1) is 0 Å². The summed E-state index contributed by atoms with van der Waals surface area (Å²) in [5.41, 5.74) is 1.14. The Morgan fingerprint density at radius 2 is 2.00 bits per heavy atom. The van der Waals surface area contributed by atoms with Crippen LogP contribution in [0.15, 0.2) is 23.2 Å². The molecule has 1 aromatic carbocycles. The van der Waals surface area contributed by atoms with E-state index in [1.165, 1.54) is 26.4 Å². The smallest absolute Gasteiger partial charge is 0.387 e. The molecule has 0 unspecified atom stereocenters. The van der Waals surface area contributed by atoms with Crippen molar-refractivity contribution < 1.29 is 23.0 Å². The van der Waals surface area contributed by atoms with Gasteiger partial charge >= 0.3 is 6.61 Å². The minimum Gasteiger partial charge on any atom is -0.493 e. The van der Waals surface area contributed by atoms with E-state index in [4.69, 9.17) is 14.5 Å². The van der Waals surface area contributed by atoms with Gasteiger partial charge in [0.25, 0.3) is 0 Å². The van der Waals surface area contributed by atoms with Crippen LogP contribution in [0.5, 0.6) is 11.5 Å². The molecule has 0 heterocycles. The molecule has 0 spiro atoms. The number of guanidine groups is 1. The molecule has 0 bridgehead atoms. The molecule has 1 saturated carbocycles. The summed E-state index contributed by atoms with van der Waals surface area (Å²) in [6, 6.07) is 5.07. The lowest BCUT2D eigenvalue weighted by Crippen LogP contribution is -2.41. The number of nitrogens with one attached hydrogen (secondary N) is 2. The number of hydrogen-bond acceptors (Lipinski definition) is 4. The first-order valence-corrected chi connectivity index (χ1v) is 10.1. The second-order valence-corrected chi connectivity index (χ2v) is 7.33. The van der Waals surface area contributed by atoms with Gasteiger partial charge in [-0.2, -0.15) is 8.78 Å². The van der Waals surface area contributed by atoms with Gasteiger partial charge in [-0.25, -0.2) is 0 Å². The summed E-state index contributed by atoms with van der Waals surface area (Å²) in [4.78, 5) is 4.77. The molecule has 0 saturated heterocycles. The van der Waals surface area contributed by atoms with Gasteiger partial charge in [-0.3, -0.25) is 4.99 Å². The monoisotopic (exact) mass is 413 g/mol. The Morgan fingerprint density at radius 1 is 1.21 bits per heavy atom. The van der Waals surface area contributed by atoms with E-state index in [0.29, 0.717) is 18.7 Å². The van der Waals surface area contributed by atoms with E-state index in [-0.39, 0.29) is 11.2 Å². The summed E-state index contributed by atoms with van der Waals surface area (Å²) in [5, 5.41) is 6.59. The number of rotatable bonds is 12. The molecular weight excluding hydrogens is 380 g/mol. The van der Waals surface area contributed by atoms with Gasteiger partial charge in [0, 0.05) is 33.4 Å². The Labute approximate surface area is 172 Å². The largest absolute Gasteiger partial charge is 0.493 e. The first-order chi connectivity index (χ1) is 14.0. The lowest BCUT2D eigenvalue weighted by atomic mass is 9.67. The molecular formula is C21H33F2N3O3. The van der Waals surface area contributed by atoms with E-state index in [2.05, 4.69) is 15.4 Å². The number of nitrogens with zero attached hydrogens (tertiary/aromatic N) is 1. The second-order valence-electron chi connectivity index (χ2n) is 7.33. The van der Waals surface area contributed by atoms with Gasteiger partial charge < -0.3 is 24.8 Å². The lowest BCUT2D eigenvalue weighted by molar-refractivity contribution is -0.0512. The van der Waals surface area contributed by atoms with Gasteiger partial charge in [0.05, 0.1) is 7.11 Å². The first-order valence-electron chi connectivity index (χ1n) is 10.1. The molecule has 8 heteroatoms. The summed E-state index contributed by atoms with van der Waals surface area (Å²) in [5.74, 6) is 1.11. The molecule has 1 fully saturated rings. The molecule has 164 valence electrons.